The number of hydrogen-bond donors (Lipinski definition) is 2. The van der Waals surface area contributed by atoms with Crippen LogP contribution in [0.3, 0.4) is 0 Å². The average Bonchev–Trinajstić information content (AvgIpc) is 3.10. The third kappa shape index (κ3) is 4.14. The number of nitrogens with one attached hydrogen (secondary N) is 2. The zero-order valence-corrected chi connectivity index (χ0v) is 14.8. The lowest BCUT2D eigenvalue weighted by atomic mass is 9.95. The van der Waals surface area contributed by atoms with Crippen molar-refractivity contribution in [3.63, 3.8) is 0 Å². The van der Waals surface area contributed by atoms with E-state index >= 15 is 0 Å². The molecule has 0 aromatic heterocycles. The lowest BCUT2D eigenvalue weighted by Gasteiger charge is -2.25. The Balaban J connectivity index is 1.64. The van der Waals surface area contributed by atoms with Crippen LogP contribution < -0.4 is 20.1 Å². The Kier molecular flexibility index (Phi) is 5.50. The van der Waals surface area contributed by atoms with Crippen LogP contribution in [-0.4, -0.2) is 43.1 Å². The van der Waals surface area contributed by atoms with Gasteiger partial charge in [-0.15, -0.1) is 0 Å². The number of benzene rings is 1. The highest BCUT2D eigenvalue weighted by Gasteiger charge is 2.21. The fourth-order valence-electron chi connectivity index (χ4n) is 2.71. The number of rotatable bonds is 5. The maximum absolute atomic E-state index is 12.3. The van der Waals surface area contributed by atoms with Crippen LogP contribution in [0.25, 0.3) is 0 Å². The van der Waals surface area contributed by atoms with E-state index in [1.807, 2.05) is 18.2 Å². The highest BCUT2D eigenvalue weighted by atomic mass is 32.2. The summed E-state index contributed by atoms with van der Waals surface area (Å²) in [5.74, 6) is 2.14. The molecule has 0 aliphatic carbocycles. The van der Waals surface area contributed by atoms with Gasteiger partial charge in [0.2, 0.25) is 5.91 Å². The molecule has 0 saturated heterocycles. The quantitative estimate of drug-likeness (QED) is 0.850. The van der Waals surface area contributed by atoms with E-state index in [0.717, 1.165) is 35.3 Å². The number of carbonyl (C=O) groups is 1. The van der Waals surface area contributed by atoms with Gasteiger partial charge in [0.25, 0.3) is 0 Å². The summed E-state index contributed by atoms with van der Waals surface area (Å²) in [6.07, 6.45) is 0. The Morgan fingerprint density at radius 1 is 1.33 bits per heavy atom. The molecule has 0 fully saturated rings. The average molecular weight is 349 g/mol. The van der Waals surface area contributed by atoms with Crippen molar-refractivity contribution in [1.29, 1.82) is 0 Å². The molecule has 1 atom stereocenters. The van der Waals surface area contributed by atoms with E-state index in [1.165, 1.54) is 11.8 Å². The zero-order chi connectivity index (χ0) is 16.9. The summed E-state index contributed by atoms with van der Waals surface area (Å²) in [4.78, 5) is 16.6. The molecule has 24 heavy (non-hydrogen) atoms. The van der Waals surface area contributed by atoms with Crippen molar-refractivity contribution in [1.82, 2.24) is 10.6 Å². The van der Waals surface area contributed by atoms with Gasteiger partial charge >= 0.3 is 0 Å². The molecule has 2 heterocycles. The summed E-state index contributed by atoms with van der Waals surface area (Å²) in [6, 6.07) is 5.81. The van der Waals surface area contributed by atoms with Crippen LogP contribution in [0.2, 0.25) is 0 Å². The Morgan fingerprint density at radius 2 is 2.12 bits per heavy atom. The number of ether oxygens (including phenoxy) is 2. The molecule has 0 bridgehead atoms. The minimum Gasteiger partial charge on any atom is -0.486 e. The minimum absolute atomic E-state index is 0.00462. The first-order chi connectivity index (χ1) is 11.6. The Labute approximate surface area is 146 Å². The Morgan fingerprint density at radius 3 is 2.83 bits per heavy atom. The lowest BCUT2D eigenvalue weighted by molar-refractivity contribution is -0.119. The maximum Gasteiger partial charge on any atom is 0.230 e. The van der Waals surface area contributed by atoms with Crippen LogP contribution in [0.4, 0.5) is 0 Å². The smallest absolute Gasteiger partial charge is 0.230 e. The monoisotopic (exact) mass is 349 g/mol. The van der Waals surface area contributed by atoms with E-state index in [9.17, 15) is 4.79 Å². The van der Waals surface area contributed by atoms with E-state index in [1.54, 1.807) is 0 Å². The van der Waals surface area contributed by atoms with Crippen LogP contribution in [0.5, 0.6) is 11.5 Å². The normalized spacial score (nSPS) is 17.2. The predicted molar refractivity (Wildman–Crippen MR) is 95.9 cm³/mol. The van der Waals surface area contributed by atoms with Crippen molar-refractivity contribution >= 4 is 22.8 Å². The summed E-state index contributed by atoms with van der Waals surface area (Å²) >= 11 is 1.45. The first-order valence-electron chi connectivity index (χ1n) is 8.23. The largest absolute Gasteiger partial charge is 0.486 e. The molecule has 3 rings (SSSR count). The molecule has 130 valence electrons. The number of nitrogens with zero attached hydrogens (tertiary/aromatic N) is 1. The number of amides is 1. The van der Waals surface area contributed by atoms with Crippen molar-refractivity contribution < 1.29 is 14.3 Å². The number of hydrogen-bond acceptors (Lipinski definition) is 6. The highest BCUT2D eigenvalue weighted by Crippen LogP contribution is 2.34. The zero-order valence-electron chi connectivity index (χ0n) is 14.0. The van der Waals surface area contributed by atoms with Crippen molar-refractivity contribution in [2.45, 2.75) is 19.9 Å². The van der Waals surface area contributed by atoms with Crippen LogP contribution in [0.1, 0.15) is 25.5 Å². The standard InChI is InChI=1S/C17H23N3O3S/c1-11(2)16(20-15(21)10-24-17-18-5-6-19-17)12-3-4-13-14(9-12)23-8-7-22-13/h3-4,9,11,16H,5-8,10H2,1-2H3,(H,18,19)(H,20,21)/t16-/m1/s1. The van der Waals surface area contributed by atoms with Crippen LogP contribution in [-0.2, 0) is 4.79 Å². The van der Waals surface area contributed by atoms with Gasteiger partial charge < -0.3 is 20.1 Å². The predicted octanol–water partition coefficient (Wildman–Crippen LogP) is 1.96. The van der Waals surface area contributed by atoms with Crippen molar-refractivity contribution in [3.8, 4) is 11.5 Å². The molecule has 1 aromatic carbocycles. The second kappa shape index (κ2) is 7.79. The molecule has 0 radical (unpaired) electrons. The fraction of sp³-hybridized carbons (Fsp3) is 0.529. The fourth-order valence-corrected chi connectivity index (χ4v) is 3.45. The second-order valence-corrected chi connectivity index (χ2v) is 7.06. The molecular weight excluding hydrogens is 326 g/mol. The summed E-state index contributed by atoms with van der Waals surface area (Å²) in [5.41, 5.74) is 1.03. The molecule has 0 saturated carbocycles. The maximum atomic E-state index is 12.3. The van der Waals surface area contributed by atoms with Gasteiger partial charge in [-0.05, 0) is 23.6 Å². The van der Waals surface area contributed by atoms with E-state index in [4.69, 9.17) is 9.47 Å². The summed E-state index contributed by atoms with van der Waals surface area (Å²) < 4.78 is 11.2. The summed E-state index contributed by atoms with van der Waals surface area (Å²) in [6.45, 7) is 6.97. The molecular formula is C17H23N3O3S. The van der Waals surface area contributed by atoms with Crippen molar-refractivity contribution in [2.75, 3.05) is 32.1 Å². The van der Waals surface area contributed by atoms with Gasteiger partial charge in [0.15, 0.2) is 16.7 Å². The Hall–Kier alpha value is -1.89. The van der Waals surface area contributed by atoms with Gasteiger partial charge in [-0.3, -0.25) is 9.79 Å². The van der Waals surface area contributed by atoms with Gasteiger partial charge in [0, 0.05) is 6.54 Å². The Bertz CT molecular complexity index is 634. The molecule has 6 nitrogen and oxygen atoms in total. The topological polar surface area (TPSA) is 72.0 Å². The molecule has 2 aliphatic heterocycles. The highest BCUT2D eigenvalue weighted by molar-refractivity contribution is 8.14. The lowest BCUT2D eigenvalue weighted by Crippen LogP contribution is -2.33. The van der Waals surface area contributed by atoms with Gasteiger partial charge in [-0.25, -0.2) is 0 Å². The van der Waals surface area contributed by atoms with Gasteiger partial charge in [0.1, 0.15) is 13.2 Å². The van der Waals surface area contributed by atoms with Crippen molar-refractivity contribution in [3.05, 3.63) is 23.8 Å². The number of carbonyl (C=O) groups excluding carboxylic acids is 1. The molecule has 1 amide bonds. The van der Waals surface area contributed by atoms with Crippen molar-refractivity contribution in [2.24, 2.45) is 10.9 Å². The molecule has 7 heteroatoms. The third-order valence-corrected chi connectivity index (χ3v) is 4.85. The SMILES string of the molecule is CC(C)[C@@H](NC(=O)CSC1=NCCN1)c1ccc2c(c1)OCCO2. The summed E-state index contributed by atoms with van der Waals surface area (Å²) in [7, 11) is 0. The first-order valence-corrected chi connectivity index (χ1v) is 9.22. The van der Waals surface area contributed by atoms with Crippen LogP contribution in [0.15, 0.2) is 23.2 Å². The number of aliphatic imine (C=N–C) groups is 1. The van der Waals surface area contributed by atoms with Crippen LogP contribution >= 0.6 is 11.8 Å². The molecule has 2 N–H and O–H groups in total. The van der Waals surface area contributed by atoms with E-state index in [-0.39, 0.29) is 17.9 Å². The number of amidine groups is 1. The van der Waals surface area contributed by atoms with E-state index in [0.29, 0.717) is 19.0 Å². The van der Waals surface area contributed by atoms with E-state index < -0.39 is 0 Å². The second-order valence-electron chi connectivity index (χ2n) is 6.09. The van der Waals surface area contributed by atoms with Crippen LogP contribution in [0, 0.1) is 5.92 Å². The van der Waals surface area contributed by atoms with E-state index in [2.05, 4.69) is 29.5 Å². The van der Waals surface area contributed by atoms with Gasteiger partial charge in [-0.1, -0.05) is 31.7 Å². The third-order valence-electron chi connectivity index (χ3n) is 3.89. The molecule has 2 aliphatic rings. The first kappa shape index (κ1) is 17.0. The minimum atomic E-state index is -0.0626. The molecule has 0 unspecified atom stereocenters. The van der Waals surface area contributed by atoms with Gasteiger partial charge in [0.05, 0.1) is 18.3 Å². The van der Waals surface area contributed by atoms with Gasteiger partial charge in [-0.2, -0.15) is 0 Å². The summed E-state index contributed by atoms with van der Waals surface area (Å²) in [5, 5.41) is 7.13. The number of fused-ring (bicyclic) bond motifs is 1. The number of thioether (sulfide) groups is 1. The molecule has 0 spiro atoms. The molecule has 1 aromatic rings.